The fraction of sp³-hybridized carbons (Fsp3) is 0.846. The first-order valence-corrected chi connectivity index (χ1v) is 7.38. The quantitative estimate of drug-likeness (QED) is 0.846. The zero-order valence-corrected chi connectivity index (χ0v) is 13.4. The van der Waals surface area contributed by atoms with Crippen LogP contribution in [0.2, 0.25) is 0 Å². The molecule has 0 saturated carbocycles. The van der Waals surface area contributed by atoms with Crippen molar-refractivity contribution in [1.29, 1.82) is 0 Å². The summed E-state index contributed by atoms with van der Waals surface area (Å²) in [6.07, 6.45) is 0. The lowest BCUT2D eigenvalue weighted by Gasteiger charge is -2.42. The van der Waals surface area contributed by atoms with Gasteiger partial charge in [0.1, 0.15) is 0 Å². The maximum absolute atomic E-state index is 5.31. The van der Waals surface area contributed by atoms with Crippen LogP contribution in [0, 0.1) is 4.77 Å². The van der Waals surface area contributed by atoms with Crippen LogP contribution in [0.25, 0.3) is 0 Å². The summed E-state index contributed by atoms with van der Waals surface area (Å²) in [5, 5.41) is 7.32. The van der Waals surface area contributed by atoms with Gasteiger partial charge in [-0.25, -0.2) is 5.10 Å². The summed E-state index contributed by atoms with van der Waals surface area (Å²) in [7, 11) is 0. The van der Waals surface area contributed by atoms with E-state index < -0.39 is 0 Å². The highest BCUT2D eigenvalue weighted by Gasteiger charge is 2.27. The number of H-pyrrole nitrogens is 1. The second-order valence-corrected chi connectivity index (χ2v) is 6.82. The Hall–Kier alpha value is -0.880. The summed E-state index contributed by atoms with van der Waals surface area (Å²) in [5.41, 5.74) is 0.245. The molecule has 2 rings (SSSR count). The zero-order valence-electron chi connectivity index (χ0n) is 12.6. The Morgan fingerprint density at radius 1 is 1.16 bits per heavy atom. The number of nitrogens with one attached hydrogen (secondary N) is 1. The molecule has 108 valence electrons. The zero-order chi connectivity index (χ0) is 14.2. The summed E-state index contributed by atoms with van der Waals surface area (Å²) in [6, 6.07) is 0.335. The van der Waals surface area contributed by atoms with Crippen molar-refractivity contribution in [2.45, 2.75) is 46.2 Å². The standard InChI is InChI=1S/C13H25N5S/c1-10(2)18-11(14-15-12(18)19)16-6-8-17(9-7-16)13(3,4)5/h10H,6-9H2,1-5H3,(H,15,19). The average molecular weight is 283 g/mol. The van der Waals surface area contributed by atoms with E-state index in [0.717, 1.165) is 32.1 Å². The van der Waals surface area contributed by atoms with E-state index in [1.165, 1.54) is 0 Å². The van der Waals surface area contributed by atoms with E-state index in [-0.39, 0.29) is 5.54 Å². The number of hydrogen-bond acceptors (Lipinski definition) is 4. The lowest BCUT2D eigenvalue weighted by Crippen LogP contribution is -2.54. The SMILES string of the molecule is CC(C)n1c(N2CCN(C(C)(C)C)CC2)n[nH]c1=S. The maximum Gasteiger partial charge on any atom is 0.226 e. The number of aromatic nitrogens is 3. The molecular weight excluding hydrogens is 258 g/mol. The third-order valence-electron chi connectivity index (χ3n) is 3.71. The topological polar surface area (TPSA) is 40.1 Å². The first-order chi connectivity index (χ1) is 8.80. The first kappa shape index (κ1) is 14.5. The number of nitrogens with zero attached hydrogens (tertiary/aromatic N) is 4. The molecule has 1 aliphatic heterocycles. The molecule has 1 N–H and O–H groups in total. The van der Waals surface area contributed by atoms with Gasteiger partial charge in [-0.2, -0.15) is 0 Å². The second kappa shape index (κ2) is 5.25. The van der Waals surface area contributed by atoms with Crippen molar-refractivity contribution in [2.75, 3.05) is 31.1 Å². The van der Waals surface area contributed by atoms with Crippen molar-refractivity contribution in [3.63, 3.8) is 0 Å². The summed E-state index contributed by atoms with van der Waals surface area (Å²) in [6.45, 7) is 15.2. The van der Waals surface area contributed by atoms with Crippen LogP contribution in [-0.2, 0) is 0 Å². The van der Waals surface area contributed by atoms with Crippen molar-refractivity contribution >= 4 is 18.2 Å². The highest BCUT2D eigenvalue weighted by molar-refractivity contribution is 7.71. The van der Waals surface area contributed by atoms with Crippen molar-refractivity contribution in [3.05, 3.63) is 4.77 Å². The molecule has 1 fully saturated rings. The smallest absolute Gasteiger partial charge is 0.226 e. The van der Waals surface area contributed by atoms with E-state index in [1.807, 2.05) is 0 Å². The lowest BCUT2D eigenvalue weighted by molar-refractivity contribution is 0.127. The van der Waals surface area contributed by atoms with Gasteiger partial charge in [0.25, 0.3) is 0 Å². The summed E-state index contributed by atoms with van der Waals surface area (Å²) in [5.74, 6) is 0.980. The van der Waals surface area contributed by atoms with Gasteiger partial charge in [0.15, 0.2) is 4.77 Å². The Kier molecular flexibility index (Phi) is 4.01. The first-order valence-electron chi connectivity index (χ1n) is 6.97. The Labute approximate surface area is 120 Å². The van der Waals surface area contributed by atoms with Gasteiger partial charge in [0.2, 0.25) is 5.95 Å². The predicted molar refractivity (Wildman–Crippen MR) is 81.3 cm³/mol. The summed E-state index contributed by atoms with van der Waals surface area (Å²) in [4.78, 5) is 4.85. The summed E-state index contributed by atoms with van der Waals surface area (Å²) < 4.78 is 2.81. The van der Waals surface area contributed by atoms with Crippen LogP contribution in [0.15, 0.2) is 0 Å². The number of piperazine rings is 1. The van der Waals surface area contributed by atoms with Crippen LogP contribution in [0.3, 0.4) is 0 Å². The van der Waals surface area contributed by atoms with Gasteiger partial charge >= 0.3 is 0 Å². The van der Waals surface area contributed by atoms with E-state index >= 15 is 0 Å². The Balaban J connectivity index is 2.12. The number of rotatable bonds is 2. The fourth-order valence-electron chi connectivity index (χ4n) is 2.56. The normalized spacial score (nSPS) is 18.3. The molecular formula is C13H25N5S. The van der Waals surface area contributed by atoms with Crippen molar-refractivity contribution in [3.8, 4) is 0 Å². The molecule has 0 amide bonds. The molecule has 0 atom stereocenters. The molecule has 0 aromatic carbocycles. The number of hydrogen-bond donors (Lipinski definition) is 1. The largest absolute Gasteiger partial charge is 0.338 e. The molecule has 1 saturated heterocycles. The summed E-state index contributed by atoms with van der Waals surface area (Å²) >= 11 is 5.31. The third-order valence-corrected chi connectivity index (χ3v) is 4.00. The van der Waals surface area contributed by atoms with Gasteiger partial charge in [-0.3, -0.25) is 9.47 Å². The van der Waals surface area contributed by atoms with Gasteiger partial charge in [-0.1, -0.05) is 0 Å². The molecule has 0 aliphatic carbocycles. The minimum absolute atomic E-state index is 0.245. The minimum Gasteiger partial charge on any atom is -0.338 e. The van der Waals surface area contributed by atoms with Gasteiger partial charge < -0.3 is 4.90 Å². The van der Waals surface area contributed by atoms with Crippen LogP contribution in [0.1, 0.15) is 40.7 Å². The Morgan fingerprint density at radius 3 is 2.21 bits per heavy atom. The van der Waals surface area contributed by atoms with E-state index in [0.29, 0.717) is 10.8 Å². The highest BCUT2D eigenvalue weighted by Crippen LogP contribution is 2.21. The molecule has 1 aromatic rings. The van der Waals surface area contributed by atoms with Crippen LogP contribution in [-0.4, -0.2) is 51.4 Å². The van der Waals surface area contributed by atoms with E-state index in [9.17, 15) is 0 Å². The number of anilines is 1. The molecule has 5 nitrogen and oxygen atoms in total. The van der Waals surface area contributed by atoms with Crippen LogP contribution >= 0.6 is 12.2 Å². The van der Waals surface area contributed by atoms with Crippen LogP contribution in [0.5, 0.6) is 0 Å². The molecule has 6 heteroatoms. The second-order valence-electron chi connectivity index (χ2n) is 6.44. The van der Waals surface area contributed by atoms with Crippen LogP contribution in [0.4, 0.5) is 5.95 Å². The Bertz CT molecular complexity index is 474. The average Bonchev–Trinajstić information content (AvgIpc) is 2.70. The van der Waals surface area contributed by atoms with Crippen molar-refractivity contribution in [2.24, 2.45) is 0 Å². The molecule has 0 spiro atoms. The maximum atomic E-state index is 5.31. The molecule has 2 heterocycles. The van der Waals surface area contributed by atoms with Crippen molar-refractivity contribution in [1.82, 2.24) is 19.7 Å². The number of aromatic amines is 1. The van der Waals surface area contributed by atoms with E-state index in [2.05, 4.69) is 59.2 Å². The highest BCUT2D eigenvalue weighted by atomic mass is 32.1. The predicted octanol–water partition coefficient (Wildman–Crippen LogP) is 2.44. The molecule has 1 aromatic heterocycles. The molecule has 1 aliphatic rings. The monoisotopic (exact) mass is 283 g/mol. The third kappa shape index (κ3) is 3.00. The van der Waals surface area contributed by atoms with Crippen molar-refractivity contribution < 1.29 is 0 Å². The fourth-order valence-corrected chi connectivity index (χ4v) is 2.90. The molecule has 0 radical (unpaired) electrons. The Morgan fingerprint density at radius 2 is 1.74 bits per heavy atom. The molecule has 0 bridgehead atoms. The molecule has 19 heavy (non-hydrogen) atoms. The van der Waals surface area contributed by atoms with Gasteiger partial charge in [-0.15, -0.1) is 5.10 Å². The van der Waals surface area contributed by atoms with E-state index in [4.69, 9.17) is 12.2 Å². The minimum atomic E-state index is 0.245. The molecule has 0 unspecified atom stereocenters. The van der Waals surface area contributed by atoms with E-state index in [1.54, 1.807) is 0 Å². The van der Waals surface area contributed by atoms with Gasteiger partial charge in [0, 0.05) is 37.8 Å². The van der Waals surface area contributed by atoms with Gasteiger partial charge in [-0.05, 0) is 46.8 Å². The van der Waals surface area contributed by atoms with Crippen LogP contribution < -0.4 is 4.90 Å². The lowest BCUT2D eigenvalue weighted by atomic mass is 10.1. The van der Waals surface area contributed by atoms with Gasteiger partial charge in [0.05, 0.1) is 0 Å².